The van der Waals surface area contributed by atoms with Gasteiger partial charge in [0.25, 0.3) is 0 Å². The van der Waals surface area contributed by atoms with Gasteiger partial charge in [-0.25, -0.2) is 0 Å². The van der Waals surface area contributed by atoms with Crippen LogP contribution in [0, 0.1) is 24.2 Å². The highest BCUT2D eigenvalue weighted by Crippen LogP contribution is 2.46. The fourth-order valence-electron chi connectivity index (χ4n) is 3.19. The van der Waals surface area contributed by atoms with E-state index in [-0.39, 0.29) is 0 Å². The molecule has 2 rings (SSSR count). The fraction of sp³-hybridized carbons (Fsp3) is 0.909. The molecule has 0 heterocycles. The van der Waals surface area contributed by atoms with Crippen LogP contribution in [-0.4, -0.2) is 0 Å². The zero-order valence-electron chi connectivity index (χ0n) is 7.55. The van der Waals surface area contributed by atoms with E-state index in [9.17, 15) is 0 Å². The Labute approximate surface area is 70.4 Å². The van der Waals surface area contributed by atoms with Crippen LogP contribution in [0.15, 0.2) is 0 Å². The minimum absolute atomic E-state index is 0.986. The molecular formula is C11H19. The largest absolute Gasteiger partial charge is 0.0620 e. The molecule has 0 bridgehead atoms. The molecule has 3 atom stereocenters. The minimum atomic E-state index is 0.986. The summed E-state index contributed by atoms with van der Waals surface area (Å²) in [5, 5.41) is 0. The van der Waals surface area contributed by atoms with E-state index in [1.54, 1.807) is 0 Å². The first-order valence-corrected chi connectivity index (χ1v) is 5.21. The van der Waals surface area contributed by atoms with Crippen molar-refractivity contribution >= 4 is 0 Å². The van der Waals surface area contributed by atoms with Gasteiger partial charge in [-0.2, -0.15) is 0 Å². The molecule has 3 unspecified atom stereocenters. The van der Waals surface area contributed by atoms with Crippen LogP contribution in [-0.2, 0) is 0 Å². The molecule has 0 spiro atoms. The lowest BCUT2D eigenvalue weighted by atomic mass is 9.77. The second kappa shape index (κ2) is 3.16. The normalized spacial score (nSPS) is 43.9. The lowest BCUT2D eigenvalue weighted by Gasteiger charge is -2.28. The molecule has 0 nitrogen and oxygen atoms in total. The molecule has 0 aromatic carbocycles. The Morgan fingerprint density at radius 1 is 1.00 bits per heavy atom. The molecule has 11 heavy (non-hydrogen) atoms. The SMILES string of the molecule is C[CH]C1CCC2CCCCC12. The monoisotopic (exact) mass is 151 g/mol. The Morgan fingerprint density at radius 3 is 2.64 bits per heavy atom. The maximum Gasteiger partial charge on any atom is -0.0355 e. The molecule has 0 aromatic rings. The average Bonchev–Trinajstić information content (AvgIpc) is 2.47. The zero-order valence-corrected chi connectivity index (χ0v) is 7.55. The predicted molar refractivity (Wildman–Crippen MR) is 48.1 cm³/mol. The van der Waals surface area contributed by atoms with Gasteiger partial charge in [-0.05, 0) is 43.4 Å². The molecule has 1 radical (unpaired) electrons. The van der Waals surface area contributed by atoms with E-state index < -0.39 is 0 Å². The maximum absolute atomic E-state index is 2.45. The van der Waals surface area contributed by atoms with E-state index in [0.29, 0.717) is 0 Å². The van der Waals surface area contributed by atoms with Crippen LogP contribution in [0.25, 0.3) is 0 Å². The Morgan fingerprint density at radius 2 is 1.82 bits per heavy atom. The summed E-state index contributed by atoms with van der Waals surface area (Å²) in [6, 6.07) is 0. The summed E-state index contributed by atoms with van der Waals surface area (Å²) >= 11 is 0. The van der Waals surface area contributed by atoms with E-state index in [1.165, 1.54) is 38.5 Å². The van der Waals surface area contributed by atoms with E-state index >= 15 is 0 Å². The van der Waals surface area contributed by atoms with Crippen molar-refractivity contribution in [1.82, 2.24) is 0 Å². The molecular weight excluding hydrogens is 132 g/mol. The summed E-state index contributed by atoms with van der Waals surface area (Å²) in [6.45, 7) is 2.25. The number of hydrogen-bond donors (Lipinski definition) is 0. The Hall–Kier alpha value is 0. The molecule has 2 fully saturated rings. The Balaban J connectivity index is 1.98. The first-order valence-electron chi connectivity index (χ1n) is 5.21. The summed E-state index contributed by atoms with van der Waals surface area (Å²) in [5.74, 6) is 3.19. The van der Waals surface area contributed by atoms with Crippen molar-refractivity contribution in [3.63, 3.8) is 0 Å². The lowest BCUT2D eigenvalue weighted by Crippen LogP contribution is -2.18. The third kappa shape index (κ3) is 1.32. The molecule has 0 aliphatic heterocycles. The zero-order chi connectivity index (χ0) is 7.68. The van der Waals surface area contributed by atoms with E-state index in [4.69, 9.17) is 0 Å². The van der Waals surface area contributed by atoms with E-state index in [1.807, 2.05) is 0 Å². The van der Waals surface area contributed by atoms with Gasteiger partial charge in [0.15, 0.2) is 0 Å². The molecule has 2 aliphatic carbocycles. The lowest BCUT2D eigenvalue weighted by molar-refractivity contribution is 0.243. The smallest absolute Gasteiger partial charge is 0.0355 e. The highest BCUT2D eigenvalue weighted by atomic mass is 14.4. The van der Waals surface area contributed by atoms with Crippen LogP contribution >= 0.6 is 0 Å². The van der Waals surface area contributed by atoms with Gasteiger partial charge in [-0.3, -0.25) is 0 Å². The second-order valence-electron chi connectivity index (χ2n) is 4.28. The van der Waals surface area contributed by atoms with Gasteiger partial charge in [0.1, 0.15) is 0 Å². The van der Waals surface area contributed by atoms with Gasteiger partial charge in [0.2, 0.25) is 0 Å². The fourth-order valence-corrected chi connectivity index (χ4v) is 3.19. The van der Waals surface area contributed by atoms with Crippen LogP contribution in [0.4, 0.5) is 0 Å². The summed E-state index contributed by atoms with van der Waals surface area (Å²) in [7, 11) is 0. The van der Waals surface area contributed by atoms with Crippen molar-refractivity contribution in [2.24, 2.45) is 17.8 Å². The van der Waals surface area contributed by atoms with Gasteiger partial charge in [-0.15, -0.1) is 0 Å². The summed E-state index contributed by atoms with van der Waals surface area (Å²) in [6.07, 6.45) is 11.6. The third-order valence-corrected chi connectivity index (χ3v) is 3.82. The van der Waals surface area contributed by atoms with Crippen LogP contribution in [0.2, 0.25) is 0 Å². The first kappa shape index (κ1) is 7.64. The van der Waals surface area contributed by atoms with Crippen molar-refractivity contribution in [2.75, 3.05) is 0 Å². The number of fused-ring (bicyclic) bond motifs is 1. The quantitative estimate of drug-likeness (QED) is 0.538. The summed E-state index contributed by atoms with van der Waals surface area (Å²) < 4.78 is 0. The first-order chi connectivity index (χ1) is 5.42. The molecule has 2 saturated carbocycles. The highest BCUT2D eigenvalue weighted by molar-refractivity contribution is 4.91. The maximum atomic E-state index is 2.45. The van der Waals surface area contributed by atoms with Gasteiger partial charge in [-0.1, -0.05) is 26.2 Å². The van der Waals surface area contributed by atoms with Crippen LogP contribution in [0.1, 0.15) is 45.4 Å². The average molecular weight is 151 g/mol. The molecule has 0 N–H and O–H groups in total. The second-order valence-corrected chi connectivity index (χ2v) is 4.28. The van der Waals surface area contributed by atoms with Crippen LogP contribution < -0.4 is 0 Å². The highest BCUT2D eigenvalue weighted by Gasteiger charge is 2.35. The van der Waals surface area contributed by atoms with E-state index in [0.717, 1.165) is 17.8 Å². The van der Waals surface area contributed by atoms with Crippen LogP contribution in [0.5, 0.6) is 0 Å². The standard InChI is InChI=1S/C11H19/c1-2-9-7-8-10-5-3-4-6-11(9)10/h2,9-11H,3-8H2,1H3. The summed E-state index contributed by atoms with van der Waals surface area (Å²) in [5.41, 5.74) is 0. The number of hydrogen-bond acceptors (Lipinski definition) is 0. The van der Waals surface area contributed by atoms with Gasteiger partial charge < -0.3 is 0 Å². The number of rotatable bonds is 1. The molecule has 0 aromatic heterocycles. The molecule has 0 heteroatoms. The summed E-state index contributed by atoms with van der Waals surface area (Å²) in [4.78, 5) is 0. The topological polar surface area (TPSA) is 0 Å². The molecule has 0 saturated heterocycles. The molecule has 0 amide bonds. The van der Waals surface area contributed by atoms with Crippen molar-refractivity contribution < 1.29 is 0 Å². The molecule has 63 valence electrons. The van der Waals surface area contributed by atoms with Crippen molar-refractivity contribution in [1.29, 1.82) is 0 Å². The van der Waals surface area contributed by atoms with E-state index in [2.05, 4.69) is 13.3 Å². The van der Waals surface area contributed by atoms with Crippen molar-refractivity contribution in [3.05, 3.63) is 6.42 Å². The third-order valence-electron chi connectivity index (χ3n) is 3.82. The predicted octanol–water partition coefficient (Wildman–Crippen LogP) is 3.43. The Kier molecular flexibility index (Phi) is 2.20. The van der Waals surface area contributed by atoms with Gasteiger partial charge in [0.05, 0.1) is 0 Å². The van der Waals surface area contributed by atoms with Gasteiger partial charge >= 0.3 is 0 Å². The van der Waals surface area contributed by atoms with Crippen LogP contribution in [0.3, 0.4) is 0 Å². The molecule has 2 aliphatic rings. The van der Waals surface area contributed by atoms with Crippen molar-refractivity contribution in [3.8, 4) is 0 Å². The van der Waals surface area contributed by atoms with Crippen molar-refractivity contribution in [2.45, 2.75) is 45.4 Å². The Bertz CT molecular complexity index is 122. The van der Waals surface area contributed by atoms with Gasteiger partial charge in [0, 0.05) is 0 Å². The minimum Gasteiger partial charge on any atom is -0.0620 e.